The summed E-state index contributed by atoms with van der Waals surface area (Å²) in [5.41, 5.74) is 0.831. The summed E-state index contributed by atoms with van der Waals surface area (Å²) in [4.78, 5) is 0. The van der Waals surface area contributed by atoms with Gasteiger partial charge >= 0.3 is 0 Å². The predicted octanol–water partition coefficient (Wildman–Crippen LogP) is 2.80. The summed E-state index contributed by atoms with van der Waals surface area (Å²) < 4.78 is 5.73. The van der Waals surface area contributed by atoms with Gasteiger partial charge in [0.2, 0.25) is 0 Å². The highest BCUT2D eigenvalue weighted by Gasteiger charge is 2.47. The molecule has 1 N–H and O–H groups in total. The Bertz CT molecular complexity index is 387. The lowest BCUT2D eigenvalue weighted by Gasteiger charge is -2.48. The van der Waals surface area contributed by atoms with E-state index in [1.165, 1.54) is 12.0 Å². The van der Waals surface area contributed by atoms with Gasteiger partial charge in [0.15, 0.2) is 0 Å². The summed E-state index contributed by atoms with van der Waals surface area (Å²) >= 11 is 0. The lowest BCUT2D eigenvalue weighted by Crippen LogP contribution is -2.54. The van der Waals surface area contributed by atoms with Gasteiger partial charge in [0.25, 0.3) is 0 Å². The highest BCUT2D eigenvalue weighted by molar-refractivity contribution is 5.17. The van der Waals surface area contributed by atoms with Gasteiger partial charge in [-0.1, -0.05) is 43.2 Å². The van der Waals surface area contributed by atoms with E-state index >= 15 is 0 Å². The van der Waals surface area contributed by atoms with Crippen LogP contribution in [0.1, 0.15) is 31.2 Å². The monoisotopic (exact) mass is 246 g/mol. The fraction of sp³-hybridized carbons (Fsp3) is 0.625. The Kier molecular flexibility index (Phi) is 3.40. The highest BCUT2D eigenvalue weighted by atomic mass is 16.5. The molecule has 1 saturated heterocycles. The van der Waals surface area contributed by atoms with Crippen molar-refractivity contribution >= 4 is 0 Å². The van der Waals surface area contributed by atoms with Crippen molar-refractivity contribution in [2.75, 3.05) is 13.2 Å². The standard InChI is InChI=1S/C16H22O2/c17-16-9-5-4-8-14(16)11-18-12-15(16)10-13-6-2-1-3-7-13/h1-3,6-7,14-15,17H,4-5,8-12H2/t14-,15-,16-/m1/s1. The lowest BCUT2D eigenvalue weighted by atomic mass is 9.66. The molecule has 2 fully saturated rings. The molecule has 0 bridgehead atoms. The number of ether oxygens (including phenoxy) is 1. The maximum Gasteiger partial charge on any atom is 0.0750 e. The van der Waals surface area contributed by atoms with E-state index in [-0.39, 0.29) is 5.92 Å². The van der Waals surface area contributed by atoms with Gasteiger partial charge in [-0.05, 0) is 24.8 Å². The lowest BCUT2D eigenvalue weighted by molar-refractivity contribution is -0.172. The van der Waals surface area contributed by atoms with E-state index in [0.717, 1.165) is 32.3 Å². The van der Waals surface area contributed by atoms with Gasteiger partial charge in [-0.2, -0.15) is 0 Å². The number of rotatable bonds is 2. The van der Waals surface area contributed by atoms with Crippen LogP contribution in [0.15, 0.2) is 30.3 Å². The van der Waals surface area contributed by atoms with Crippen LogP contribution in [0.4, 0.5) is 0 Å². The first kappa shape index (κ1) is 12.2. The minimum Gasteiger partial charge on any atom is -0.389 e. The van der Waals surface area contributed by atoms with E-state index in [1.807, 2.05) is 6.07 Å². The molecule has 0 aromatic heterocycles. The van der Waals surface area contributed by atoms with E-state index in [0.29, 0.717) is 12.5 Å². The summed E-state index contributed by atoms with van der Waals surface area (Å²) in [7, 11) is 0. The third kappa shape index (κ3) is 2.19. The van der Waals surface area contributed by atoms with Crippen LogP contribution in [-0.4, -0.2) is 23.9 Å². The molecule has 1 aliphatic carbocycles. The smallest absolute Gasteiger partial charge is 0.0750 e. The largest absolute Gasteiger partial charge is 0.389 e. The topological polar surface area (TPSA) is 29.5 Å². The van der Waals surface area contributed by atoms with Crippen molar-refractivity contribution in [3.05, 3.63) is 35.9 Å². The van der Waals surface area contributed by atoms with Crippen molar-refractivity contribution in [3.8, 4) is 0 Å². The van der Waals surface area contributed by atoms with E-state index in [2.05, 4.69) is 24.3 Å². The zero-order valence-electron chi connectivity index (χ0n) is 10.8. The Morgan fingerprint density at radius 2 is 2.00 bits per heavy atom. The molecule has 2 heteroatoms. The predicted molar refractivity (Wildman–Crippen MR) is 71.4 cm³/mol. The molecular formula is C16H22O2. The maximum atomic E-state index is 11.0. The summed E-state index contributed by atoms with van der Waals surface area (Å²) in [5.74, 6) is 0.618. The molecule has 0 unspecified atom stereocenters. The molecule has 98 valence electrons. The Labute approximate surface area is 109 Å². The number of hydrogen-bond donors (Lipinski definition) is 1. The Balaban J connectivity index is 1.78. The van der Waals surface area contributed by atoms with Crippen molar-refractivity contribution in [2.24, 2.45) is 11.8 Å². The van der Waals surface area contributed by atoms with Crippen LogP contribution in [0, 0.1) is 11.8 Å². The quantitative estimate of drug-likeness (QED) is 0.869. The zero-order valence-corrected chi connectivity index (χ0v) is 10.8. The van der Waals surface area contributed by atoms with E-state index in [4.69, 9.17) is 4.74 Å². The average Bonchev–Trinajstić information content (AvgIpc) is 2.41. The molecule has 2 aliphatic rings. The van der Waals surface area contributed by atoms with E-state index in [1.54, 1.807) is 0 Å². The highest BCUT2D eigenvalue weighted by Crippen LogP contribution is 2.43. The summed E-state index contributed by atoms with van der Waals surface area (Å²) in [6, 6.07) is 10.5. The van der Waals surface area contributed by atoms with Gasteiger partial charge in [0.1, 0.15) is 0 Å². The van der Waals surface area contributed by atoms with Crippen LogP contribution in [0.3, 0.4) is 0 Å². The molecule has 3 atom stereocenters. The first-order valence-electron chi connectivity index (χ1n) is 7.13. The van der Waals surface area contributed by atoms with Gasteiger partial charge in [0.05, 0.1) is 18.8 Å². The van der Waals surface area contributed by atoms with Crippen LogP contribution >= 0.6 is 0 Å². The molecule has 1 aromatic rings. The molecule has 3 rings (SSSR count). The molecule has 0 radical (unpaired) electrons. The number of fused-ring (bicyclic) bond motifs is 1. The minimum absolute atomic E-state index is 0.263. The fourth-order valence-electron chi connectivity index (χ4n) is 3.65. The minimum atomic E-state index is -0.480. The maximum absolute atomic E-state index is 11.0. The van der Waals surface area contributed by atoms with Crippen LogP contribution in [-0.2, 0) is 11.2 Å². The Morgan fingerprint density at radius 3 is 2.83 bits per heavy atom. The molecule has 1 heterocycles. The molecule has 1 saturated carbocycles. The van der Waals surface area contributed by atoms with E-state index < -0.39 is 5.60 Å². The van der Waals surface area contributed by atoms with Crippen molar-refractivity contribution in [1.29, 1.82) is 0 Å². The Morgan fingerprint density at radius 1 is 1.17 bits per heavy atom. The van der Waals surface area contributed by atoms with E-state index in [9.17, 15) is 5.11 Å². The third-order valence-corrected chi connectivity index (χ3v) is 4.76. The summed E-state index contributed by atoms with van der Waals surface area (Å²) in [6.07, 6.45) is 5.43. The molecule has 2 nitrogen and oxygen atoms in total. The van der Waals surface area contributed by atoms with Crippen LogP contribution in [0.2, 0.25) is 0 Å². The Hall–Kier alpha value is -0.860. The second-order valence-electron chi connectivity index (χ2n) is 5.86. The molecule has 1 aromatic carbocycles. The first-order valence-corrected chi connectivity index (χ1v) is 7.13. The molecule has 1 aliphatic heterocycles. The fourth-order valence-corrected chi connectivity index (χ4v) is 3.65. The van der Waals surface area contributed by atoms with Crippen LogP contribution in [0.5, 0.6) is 0 Å². The van der Waals surface area contributed by atoms with Crippen molar-refractivity contribution in [2.45, 2.75) is 37.7 Å². The summed E-state index contributed by atoms with van der Waals surface area (Å²) in [6.45, 7) is 1.46. The van der Waals surface area contributed by atoms with Gasteiger partial charge < -0.3 is 9.84 Å². The number of aliphatic hydroxyl groups is 1. The van der Waals surface area contributed by atoms with Crippen LogP contribution < -0.4 is 0 Å². The second-order valence-corrected chi connectivity index (χ2v) is 5.86. The first-order chi connectivity index (χ1) is 8.79. The molecule has 0 amide bonds. The third-order valence-electron chi connectivity index (χ3n) is 4.76. The SMILES string of the molecule is O[C@]12CCCC[C@@H]1COC[C@H]2Cc1ccccc1. The molecule has 0 spiro atoms. The second kappa shape index (κ2) is 5.02. The van der Waals surface area contributed by atoms with Crippen molar-refractivity contribution < 1.29 is 9.84 Å². The molecular weight excluding hydrogens is 224 g/mol. The summed E-state index contributed by atoms with van der Waals surface area (Å²) in [5, 5.41) is 11.0. The number of hydrogen-bond acceptors (Lipinski definition) is 2. The van der Waals surface area contributed by atoms with Crippen LogP contribution in [0.25, 0.3) is 0 Å². The average molecular weight is 246 g/mol. The normalized spacial score (nSPS) is 36.1. The number of benzene rings is 1. The van der Waals surface area contributed by atoms with Crippen molar-refractivity contribution in [1.82, 2.24) is 0 Å². The van der Waals surface area contributed by atoms with Gasteiger partial charge in [-0.25, -0.2) is 0 Å². The molecule has 18 heavy (non-hydrogen) atoms. The zero-order chi connectivity index (χ0) is 12.4. The van der Waals surface area contributed by atoms with Gasteiger partial charge in [-0.15, -0.1) is 0 Å². The van der Waals surface area contributed by atoms with Gasteiger partial charge in [-0.3, -0.25) is 0 Å². The van der Waals surface area contributed by atoms with Crippen molar-refractivity contribution in [3.63, 3.8) is 0 Å². The van der Waals surface area contributed by atoms with Gasteiger partial charge in [0, 0.05) is 11.8 Å².